The van der Waals surface area contributed by atoms with Crippen LogP contribution in [0.1, 0.15) is 40.5 Å². The molecule has 0 bridgehead atoms. The molecule has 1 atom stereocenters. The molecule has 1 saturated heterocycles. The smallest absolute Gasteiger partial charge is 0.153 e. The summed E-state index contributed by atoms with van der Waals surface area (Å²) in [5, 5.41) is 2.82. The Bertz CT molecular complexity index is 392. The molecule has 0 aliphatic carbocycles. The fraction of sp³-hybridized carbons (Fsp3) is 0.923. The van der Waals surface area contributed by atoms with Gasteiger partial charge >= 0.3 is 0 Å². The van der Waals surface area contributed by atoms with Crippen LogP contribution in [0.4, 0.5) is 0 Å². The van der Waals surface area contributed by atoms with Crippen molar-refractivity contribution in [2.45, 2.75) is 45.8 Å². The number of nitrogens with one attached hydrogen (secondary N) is 1. The standard InChI is InChI=1S/C13H25NO3S/c1-10(2)13(6-7-14-9-13)12(15)5-8-18(16,17)11(3)4/h10-11,14H,5-9H2,1-4H3. The third kappa shape index (κ3) is 3.12. The minimum Gasteiger partial charge on any atom is -0.316 e. The molecular weight excluding hydrogens is 250 g/mol. The lowest BCUT2D eigenvalue weighted by Crippen LogP contribution is -2.39. The molecule has 1 heterocycles. The zero-order valence-electron chi connectivity index (χ0n) is 11.8. The van der Waals surface area contributed by atoms with Crippen LogP contribution in [0.25, 0.3) is 0 Å². The maximum atomic E-state index is 12.4. The molecule has 0 amide bonds. The fourth-order valence-electron chi connectivity index (χ4n) is 2.48. The highest BCUT2D eigenvalue weighted by atomic mass is 32.2. The van der Waals surface area contributed by atoms with E-state index in [1.807, 2.05) is 13.8 Å². The summed E-state index contributed by atoms with van der Waals surface area (Å²) in [4.78, 5) is 12.4. The Balaban J connectivity index is 2.70. The number of hydrogen-bond donors (Lipinski definition) is 1. The van der Waals surface area contributed by atoms with Gasteiger partial charge in [-0.1, -0.05) is 13.8 Å². The average molecular weight is 275 g/mol. The van der Waals surface area contributed by atoms with Crippen LogP contribution in [0.5, 0.6) is 0 Å². The number of rotatable bonds is 6. The minimum absolute atomic E-state index is 0.0159. The fourth-order valence-corrected chi connectivity index (χ4v) is 3.42. The second-order valence-electron chi connectivity index (χ2n) is 5.83. The molecule has 1 rings (SSSR count). The van der Waals surface area contributed by atoms with Crippen LogP contribution in [0.2, 0.25) is 0 Å². The van der Waals surface area contributed by atoms with Gasteiger partial charge in [0.05, 0.1) is 11.0 Å². The molecule has 106 valence electrons. The van der Waals surface area contributed by atoms with E-state index in [1.54, 1.807) is 13.8 Å². The van der Waals surface area contributed by atoms with Gasteiger partial charge in [-0.2, -0.15) is 0 Å². The molecule has 4 nitrogen and oxygen atoms in total. The molecule has 0 saturated carbocycles. The van der Waals surface area contributed by atoms with Crippen molar-refractivity contribution in [1.82, 2.24) is 5.32 Å². The molecule has 0 spiro atoms. The van der Waals surface area contributed by atoms with Crippen molar-refractivity contribution in [1.29, 1.82) is 0 Å². The number of hydrogen-bond acceptors (Lipinski definition) is 4. The first-order valence-corrected chi connectivity index (χ1v) is 8.39. The van der Waals surface area contributed by atoms with Gasteiger partial charge in [-0.3, -0.25) is 4.79 Å². The highest BCUT2D eigenvalue weighted by Crippen LogP contribution is 2.36. The number of carbonyl (C=O) groups is 1. The number of sulfone groups is 1. The van der Waals surface area contributed by atoms with Crippen molar-refractivity contribution >= 4 is 15.6 Å². The Morgan fingerprint density at radius 1 is 1.28 bits per heavy atom. The van der Waals surface area contributed by atoms with Crippen LogP contribution in [0.3, 0.4) is 0 Å². The van der Waals surface area contributed by atoms with Gasteiger partial charge in [0, 0.05) is 18.4 Å². The average Bonchev–Trinajstić information content (AvgIpc) is 2.76. The van der Waals surface area contributed by atoms with Gasteiger partial charge in [0.2, 0.25) is 0 Å². The van der Waals surface area contributed by atoms with E-state index in [9.17, 15) is 13.2 Å². The van der Waals surface area contributed by atoms with Crippen molar-refractivity contribution in [2.75, 3.05) is 18.8 Å². The molecule has 0 radical (unpaired) electrons. The van der Waals surface area contributed by atoms with Gasteiger partial charge < -0.3 is 5.32 Å². The molecule has 0 aromatic heterocycles. The lowest BCUT2D eigenvalue weighted by molar-refractivity contribution is -0.129. The van der Waals surface area contributed by atoms with Gasteiger partial charge in [-0.05, 0) is 32.7 Å². The Kier molecular flexibility index (Phi) is 4.95. The zero-order valence-corrected chi connectivity index (χ0v) is 12.6. The van der Waals surface area contributed by atoms with Gasteiger partial charge in [0.15, 0.2) is 9.84 Å². The summed E-state index contributed by atoms with van der Waals surface area (Å²) in [5.41, 5.74) is -0.355. The second-order valence-corrected chi connectivity index (χ2v) is 8.50. The first-order valence-electron chi connectivity index (χ1n) is 6.68. The third-order valence-electron chi connectivity index (χ3n) is 4.18. The molecule has 1 aliphatic rings. The van der Waals surface area contributed by atoms with Crippen molar-refractivity contribution in [3.8, 4) is 0 Å². The van der Waals surface area contributed by atoms with Crippen molar-refractivity contribution in [3.63, 3.8) is 0 Å². The SMILES string of the molecule is CC(C)C1(C(=O)CCS(=O)(=O)C(C)C)CCNC1. The highest BCUT2D eigenvalue weighted by molar-refractivity contribution is 7.91. The molecule has 18 heavy (non-hydrogen) atoms. The van der Waals surface area contributed by atoms with E-state index in [4.69, 9.17) is 0 Å². The largest absolute Gasteiger partial charge is 0.316 e. The van der Waals surface area contributed by atoms with Crippen LogP contribution in [0.15, 0.2) is 0 Å². The van der Waals surface area contributed by atoms with Crippen molar-refractivity contribution in [3.05, 3.63) is 0 Å². The van der Waals surface area contributed by atoms with Crippen LogP contribution >= 0.6 is 0 Å². The Morgan fingerprint density at radius 3 is 2.28 bits per heavy atom. The summed E-state index contributed by atoms with van der Waals surface area (Å²) in [7, 11) is -3.12. The second kappa shape index (κ2) is 5.70. The number of Topliss-reactive ketones (excluding diaryl/α,β-unsaturated/α-hetero) is 1. The maximum absolute atomic E-state index is 12.4. The van der Waals surface area contributed by atoms with Crippen LogP contribution < -0.4 is 5.32 Å². The van der Waals surface area contributed by atoms with Crippen LogP contribution in [-0.4, -0.2) is 38.3 Å². The van der Waals surface area contributed by atoms with Gasteiger partial charge in [-0.15, -0.1) is 0 Å². The van der Waals surface area contributed by atoms with E-state index < -0.39 is 15.1 Å². The van der Waals surface area contributed by atoms with Gasteiger partial charge in [0.1, 0.15) is 5.78 Å². The summed E-state index contributed by atoms with van der Waals surface area (Å²) < 4.78 is 23.5. The van der Waals surface area contributed by atoms with E-state index in [0.29, 0.717) is 6.54 Å². The molecule has 0 aromatic rings. The summed E-state index contributed by atoms with van der Waals surface area (Å²) in [6.07, 6.45) is 0.978. The van der Waals surface area contributed by atoms with Gasteiger partial charge in [-0.25, -0.2) is 8.42 Å². The Hall–Kier alpha value is -0.420. The van der Waals surface area contributed by atoms with Crippen molar-refractivity contribution in [2.24, 2.45) is 11.3 Å². The number of ketones is 1. The Labute approximate surface area is 110 Å². The zero-order chi connectivity index (χ0) is 14.0. The summed E-state index contributed by atoms with van der Waals surface area (Å²) >= 11 is 0. The highest BCUT2D eigenvalue weighted by Gasteiger charge is 2.43. The third-order valence-corrected chi connectivity index (χ3v) is 6.39. The van der Waals surface area contributed by atoms with Gasteiger partial charge in [0.25, 0.3) is 0 Å². The maximum Gasteiger partial charge on any atom is 0.153 e. The predicted molar refractivity (Wildman–Crippen MR) is 73.3 cm³/mol. The number of carbonyl (C=O) groups excluding carboxylic acids is 1. The van der Waals surface area contributed by atoms with Crippen LogP contribution in [-0.2, 0) is 14.6 Å². The first kappa shape index (κ1) is 15.6. The lowest BCUT2D eigenvalue weighted by Gasteiger charge is -2.31. The molecule has 1 N–H and O–H groups in total. The molecular formula is C13H25NO3S. The Morgan fingerprint density at radius 2 is 1.89 bits per heavy atom. The minimum atomic E-state index is -3.12. The molecule has 1 unspecified atom stereocenters. The van der Waals surface area contributed by atoms with E-state index >= 15 is 0 Å². The quantitative estimate of drug-likeness (QED) is 0.796. The van der Waals surface area contributed by atoms with Crippen LogP contribution in [0, 0.1) is 11.3 Å². The van der Waals surface area contributed by atoms with Crippen molar-refractivity contribution < 1.29 is 13.2 Å². The van der Waals surface area contributed by atoms with E-state index in [2.05, 4.69) is 5.32 Å². The summed E-state index contributed by atoms with van der Waals surface area (Å²) in [6, 6.07) is 0. The topological polar surface area (TPSA) is 63.2 Å². The van der Waals surface area contributed by atoms with E-state index in [0.717, 1.165) is 13.0 Å². The van der Waals surface area contributed by atoms with E-state index in [1.165, 1.54) is 0 Å². The molecule has 1 fully saturated rings. The summed E-state index contributed by atoms with van der Waals surface area (Å²) in [5.74, 6) is 0.339. The first-order chi connectivity index (χ1) is 8.22. The summed E-state index contributed by atoms with van der Waals surface area (Å²) in [6.45, 7) is 8.94. The molecule has 1 aliphatic heterocycles. The monoisotopic (exact) mass is 275 g/mol. The normalized spacial score (nSPS) is 25.0. The molecule has 0 aromatic carbocycles. The molecule has 5 heteroatoms. The predicted octanol–water partition coefficient (Wildman–Crippen LogP) is 1.40. The lowest BCUT2D eigenvalue weighted by atomic mass is 9.72. The van der Waals surface area contributed by atoms with E-state index in [-0.39, 0.29) is 29.3 Å².